The van der Waals surface area contributed by atoms with Gasteiger partial charge in [0, 0.05) is 16.8 Å². The molecule has 3 nitrogen and oxygen atoms in total. The van der Waals surface area contributed by atoms with Gasteiger partial charge in [-0.15, -0.1) is 0 Å². The minimum absolute atomic E-state index is 0.414. The van der Waals surface area contributed by atoms with E-state index in [1.807, 2.05) is 65.8 Å². The minimum Gasteiger partial charge on any atom is -0.321 e. The van der Waals surface area contributed by atoms with Gasteiger partial charge in [0.15, 0.2) is 0 Å². The fourth-order valence-corrected chi connectivity index (χ4v) is 6.64. The van der Waals surface area contributed by atoms with Crippen molar-refractivity contribution in [1.29, 1.82) is 0 Å². The molecule has 0 spiro atoms. The summed E-state index contributed by atoms with van der Waals surface area (Å²) in [5.41, 5.74) is 0.917. The summed E-state index contributed by atoms with van der Waals surface area (Å²) in [6.07, 6.45) is 1.15. The van der Waals surface area contributed by atoms with Crippen LogP contribution in [0, 0.1) is 0 Å². The maximum absolute atomic E-state index is 13.5. The normalized spacial score (nSPS) is 17.0. The quantitative estimate of drug-likeness (QED) is 0.668. The lowest BCUT2D eigenvalue weighted by molar-refractivity contribution is 0.515. The van der Waals surface area contributed by atoms with Crippen LogP contribution in [0.25, 0.3) is 0 Å². The maximum Gasteiger partial charge on any atom is 0.111 e. The van der Waals surface area contributed by atoms with E-state index in [9.17, 15) is 8.77 Å². The van der Waals surface area contributed by atoms with Gasteiger partial charge in [-0.05, 0) is 45.4 Å². The molecule has 0 aliphatic heterocycles. The van der Waals surface area contributed by atoms with Crippen molar-refractivity contribution >= 4 is 34.1 Å². The first-order valence-corrected chi connectivity index (χ1v) is 11.6. The zero-order valence-electron chi connectivity index (χ0n) is 14.3. The summed E-state index contributed by atoms with van der Waals surface area (Å²) in [6.45, 7) is 11.6. The molecule has 2 atom stereocenters. The second-order valence-corrected chi connectivity index (χ2v) is 13.4. The van der Waals surface area contributed by atoms with Crippen molar-refractivity contribution in [2.45, 2.75) is 51.6 Å². The molecule has 0 fully saturated rings. The van der Waals surface area contributed by atoms with Gasteiger partial charge in [-0.2, -0.15) is 0 Å². The zero-order chi connectivity index (χ0) is 17.2. The van der Waals surface area contributed by atoms with Gasteiger partial charge in [0.1, 0.15) is 12.4 Å². The van der Waals surface area contributed by atoms with Gasteiger partial charge in [-0.25, -0.2) is 8.93 Å². The molecule has 0 radical (unpaired) electrons. The third-order valence-corrected chi connectivity index (χ3v) is 10.5. The lowest BCUT2D eigenvalue weighted by Crippen LogP contribution is -2.46. The Morgan fingerprint density at radius 3 is 1.91 bits per heavy atom. The summed E-state index contributed by atoms with van der Waals surface area (Å²) >= 11 is 3.43. The largest absolute Gasteiger partial charge is 0.321 e. The first kappa shape index (κ1) is 20.1. The van der Waals surface area contributed by atoms with Crippen molar-refractivity contribution < 1.29 is 8.77 Å². The molecule has 0 aliphatic rings. The summed E-state index contributed by atoms with van der Waals surface area (Å²) in [7, 11) is -3.88. The highest BCUT2D eigenvalue weighted by Gasteiger charge is 2.45. The van der Waals surface area contributed by atoms with E-state index in [4.69, 9.17) is 0 Å². The van der Waals surface area contributed by atoms with Crippen molar-refractivity contribution in [2.24, 2.45) is 0 Å². The molecule has 0 aliphatic carbocycles. The van der Waals surface area contributed by atoms with Gasteiger partial charge in [-0.1, -0.05) is 41.9 Å². The van der Waals surface area contributed by atoms with E-state index in [2.05, 4.69) is 20.7 Å². The summed E-state index contributed by atoms with van der Waals surface area (Å²) < 4.78 is 29.9. The van der Waals surface area contributed by atoms with Gasteiger partial charge in [0.05, 0.1) is 15.7 Å². The monoisotopic (exact) mass is 407 g/mol. The van der Waals surface area contributed by atoms with E-state index in [0.717, 1.165) is 10.0 Å². The van der Waals surface area contributed by atoms with Gasteiger partial charge >= 0.3 is 0 Å². The molecule has 0 saturated heterocycles. The molecular weight excluding hydrogens is 381 g/mol. The van der Waals surface area contributed by atoms with E-state index in [1.165, 1.54) is 0 Å². The van der Waals surface area contributed by atoms with Crippen LogP contribution in [0.3, 0.4) is 0 Å². The average Bonchev–Trinajstić information content (AvgIpc) is 2.45. The fraction of sp³-hybridized carbons (Fsp3) is 0.625. The van der Waals surface area contributed by atoms with Crippen LogP contribution in [0.15, 0.2) is 28.7 Å². The van der Waals surface area contributed by atoms with E-state index in [1.54, 1.807) is 0 Å². The molecule has 6 heteroatoms. The van der Waals surface area contributed by atoms with Crippen LogP contribution in [-0.2, 0) is 20.8 Å². The van der Waals surface area contributed by atoms with E-state index < -0.39 is 28.2 Å². The topological polar surface area (TPSA) is 46.2 Å². The van der Waals surface area contributed by atoms with Crippen LogP contribution in [-0.4, -0.2) is 21.3 Å². The van der Waals surface area contributed by atoms with Crippen LogP contribution >= 0.6 is 23.1 Å². The summed E-state index contributed by atoms with van der Waals surface area (Å²) in [4.78, 5) is 0. The van der Waals surface area contributed by atoms with Crippen LogP contribution in [0.4, 0.5) is 0 Å². The average molecular weight is 408 g/mol. The third-order valence-electron chi connectivity index (χ3n) is 4.09. The number of nitrogens with one attached hydrogen (secondary N) is 1. The van der Waals surface area contributed by atoms with Crippen molar-refractivity contribution in [1.82, 2.24) is 4.72 Å². The van der Waals surface area contributed by atoms with Gasteiger partial charge in [-0.3, -0.25) is 0 Å². The highest BCUT2D eigenvalue weighted by molar-refractivity contribution is 9.10. The Morgan fingerprint density at radius 1 is 1.09 bits per heavy atom. The molecular formula is C16H27BrNO2PS. The molecule has 0 saturated carbocycles. The third kappa shape index (κ3) is 4.11. The molecule has 0 amide bonds. The fourth-order valence-electron chi connectivity index (χ4n) is 2.34. The first-order chi connectivity index (χ1) is 10.00. The second kappa shape index (κ2) is 7.29. The van der Waals surface area contributed by atoms with E-state index in [0.29, 0.717) is 12.3 Å². The number of hydrogen-bond acceptors (Lipinski definition) is 2. The molecule has 22 heavy (non-hydrogen) atoms. The Morgan fingerprint density at radius 2 is 1.55 bits per heavy atom. The Kier molecular flexibility index (Phi) is 6.66. The Balaban J connectivity index is 3.42. The summed E-state index contributed by atoms with van der Waals surface area (Å²) in [5.74, 6) is 0. The van der Waals surface area contributed by atoms with Crippen LogP contribution in [0.2, 0.25) is 0 Å². The smallest absolute Gasteiger partial charge is 0.111 e. The van der Waals surface area contributed by atoms with Crippen LogP contribution < -0.4 is 4.72 Å². The predicted molar refractivity (Wildman–Crippen MR) is 101 cm³/mol. The molecule has 1 rings (SSSR count). The van der Waals surface area contributed by atoms with Gasteiger partial charge in [0.2, 0.25) is 0 Å². The maximum atomic E-state index is 13.5. The number of hydrogen-bond donors (Lipinski definition) is 1. The van der Waals surface area contributed by atoms with E-state index in [-0.39, 0.29) is 0 Å². The van der Waals surface area contributed by atoms with Gasteiger partial charge in [0.25, 0.3) is 0 Å². The van der Waals surface area contributed by atoms with Crippen molar-refractivity contribution in [2.75, 3.05) is 12.3 Å². The SMILES string of the molecule is CCP(=O)(CC)[C@](C)(N[S@@](=O)C(C)(C)C)c1ccc(Br)cc1. The van der Waals surface area contributed by atoms with Crippen molar-refractivity contribution in [3.63, 3.8) is 0 Å². The number of benzene rings is 1. The van der Waals surface area contributed by atoms with Crippen LogP contribution in [0.5, 0.6) is 0 Å². The molecule has 0 aromatic heterocycles. The number of rotatable bonds is 6. The van der Waals surface area contributed by atoms with E-state index >= 15 is 0 Å². The predicted octanol–water partition coefficient (Wildman–Crippen LogP) is 5.08. The number of halogens is 1. The highest BCUT2D eigenvalue weighted by Crippen LogP contribution is 2.61. The first-order valence-electron chi connectivity index (χ1n) is 7.54. The summed E-state index contributed by atoms with van der Waals surface area (Å²) in [5, 5.41) is -0.796. The molecule has 0 heterocycles. The summed E-state index contributed by atoms with van der Waals surface area (Å²) in [6, 6.07) is 7.78. The Hall–Kier alpha value is 0.0400. The zero-order valence-corrected chi connectivity index (χ0v) is 17.6. The molecule has 0 bridgehead atoms. The molecule has 1 N–H and O–H groups in total. The van der Waals surface area contributed by atoms with Crippen LogP contribution in [0.1, 0.15) is 47.1 Å². The highest BCUT2D eigenvalue weighted by atomic mass is 79.9. The molecule has 1 aromatic carbocycles. The minimum atomic E-state index is -2.58. The Bertz CT molecular complexity index is 575. The second-order valence-electron chi connectivity index (χ2n) is 6.58. The van der Waals surface area contributed by atoms with Crippen molar-refractivity contribution in [3.8, 4) is 0 Å². The molecule has 1 aromatic rings. The lowest BCUT2D eigenvalue weighted by Gasteiger charge is -2.39. The van der Waals surface area contributed by atoms with Crippen molar-refractivity contribution in [3.05, 3.63) is 34.3 Å². The Labute approximate surface area is 145 Å². The lowest BCUT2D eigenvalue weighted by atomic mass is 10.1. The standard InChI is InChI=1S/C16H27BrNO2PS/c1-7-21(19,8-2)16(6,18-22(20)15(3,4)5)13-9-11-14(17)12-10-13/h9-12,18H,7-8H2,1-6H3/t16-,22-/m0/s1. The molecule has 126 valence electrons. The van der Waals surface area contributed by atoms with Gasteiger partial charge < -0.3 is 4.57 Å². The molecule has 0 unspecified atom stereocenters.